The first kappa shape index (κ1) is 17.0. The monoisotopic (exact) mass is 350 g/mol. The van der Waals surface area contributed by atoms with Crippen LogP contribution in [0.15, 0.2) is 42.6 Å². The number of nitrogens with zero attached hydrogens (tertiary/aromatic N) is 4. The molecule has 1 amide bonds. The quantitative estimate of drug-likeness (QED) is 0.853. The molecule has 0 N–H and O–H groups in total. The van der Waals surface area contributed by atoms with Gasteiger partial charge in [-0.15, -0.1) is 0 Å². The van der Waals surface area contributed by atoms with Crippen molar-refractivity contribution in [3.63, 3.8) is 0 Å². The van der Waals surface area contributed by atoms with Crippen LogP contribution >= 0.6 is 0 Å². The van der Waals surface area contributed by atoms with Crippen molar-refractivity contribution < 1.29 is 4.79 Å². The van der Waals surface area contributed by atoms with Crippen molar-refractivity contribution in [1.29, 1.82) is 0 Å². The fraction of sp³-hybridized carbons (Fsp3) is 0.429. The minimum absolute atomic E-state index is 0.0392. The molecule has 5 heteroatoms. The van der Waals surface area contributed by atoms with Gasteiger partial charge in [0.25, 0.3) is 5.91 Å². The van der Waals surface area contributed by atoms with Crippen molar-refractivity contribution in [1.82, 2.24) is 9.88 Å². The molecule has 1 atom stereocenters. The number of hydrogen-bond acceptors (Lipinski definition) is 4. The fourth-order valence-corrected chi connectivity index (χ4v) is 4.01. The second kappa shape index (κ2) is 7.08. The molecule has 0 spiro atoms. The number of benzene rings is 1. The van der Waals surface area contributed by atoms with Crippen molar-refractivity contribution in [3.05, 3.63) is 53.7 Å². The zero-order valence-corrected chi connectivity index (χ0v) is 15.6. The normalized spacial score (nSPS) is 20.3. The molecule has 1 aromatic heterocycles. The largest absolute Gasteiger partial charge is 0.354 e. The van der Waals surface area contributed by atoms with Crippen molar-refractivity contribution in [2.24, 2.45) is 0 Å². The van der Waals surface area contributed by atoms with Gasteiger partial charge in [-0.2, -0.15) is 0 Å². The van der Waals surface area contributed by atoms with Gasteiger partial charge in [-0.1, -0.05) is 25.1 Å². The molecule has 3 heterocycles. The summed E-state index contributed by atoms with van der Waals surface area (Å²) in [6, 6.07) is 12.3. The second-order valence-corrected chi connectivity index (χ2v) is 7.18. The minimum atomic E-state index is 0.0392. The van der Waals surface area contributed by atoms with E-state index in [9.17, 15) is 4.79 Å². The van der Waals surface area contributed by atoms with Crippen LogP contribution in [0.5, 0.6) is 0 Å². The Bertz CT molecular complexity index is 781. The van der Waals surface area contributed by atoms with E-state index >= 15 is 0 Å². The topological polar surface area (TPSA) is 39.7 Å². The number of hydrogen-bond donors (Lipinski definition) is 0. The van der Waals surface area contributed by atoms with Crippen LogP contribution < -0.4 is 9.80 Å². The van der Waals surface area contributed by atoms with Crippen molar-refractivity contribution in [2.45, 2.75) is 26.3 Å². The number of piperazine rings is 1. The highest BCUT2D eigenvalue weighted by Gasteiger charge is 2.31. The van der Waals surface area contributed by atoms with Crippen LogP contribution in [0.4, 0.5) is 11.5 Å². The highest BCUT2D eigenvalue weighted by atomic mass is 16.2. The molecule has 1 unspecified atom stereocenters. The summed E-state index contributed by atoms with van der Waals surface area (Å²) < 4.78 is 0. The molecule has 1 fully saturated rings. The van der Waals surface area contributed by atoms with Crippen LogP contribution in [0.25, 0.3) is 0 Å². The van der Waals surface area contributed by atoms with Gasteiger partial charge >= 0.3 is 0 Å². The maximum absolute atomic E-state index is 13.1. The van der Waals surface area contributed by atoms with E-state index in [0.29, 0.717) is 5.56 Å². The average Bonchev–Trinajstić information content (AvgIpc) is 3.03. The molecule has 26 heavy (non-hydrogen) atoms. The summed E-state index contributed by atoms with van der Waals surface area (Å²) in [7, 11) is 0. The van der Waals surface area contributed by atoms with Gasteiger partial charge in [-0.25, -0.2) is 4.98 Å². The highest BCUT2D eigenvalue weighted by Crippen LogP contribution is 2.33. The van der Waals surface area contributed by atoms with Crippen LogP contribution in [-0.4, -0.2) is 54.6 Å². The van der Waals surface area contributed by atoms with E-state index in [2.05, 4.69) is 34.7 Å². The van der Waals surface area contributed by atoms with Gasteiger partial charge in [-0.3, -0.25) is 4.79 Å². The van der Waals surface area contributed by atoms with Gasteiger partial charge in [0.15, 0.2) is 0 Å². The lowest BCUT2D eigenvalue weighted by Crippen LogP contribution is -2.46. The van der Waals surface area contributed by atoms with Gasteiger partial charge in [0.2, 0.25) is 0 Å². The number of carbonyl (C=O) groups is 1. The number of rotatable bonds is 3. The summed E-state index contributed by atoms with van der Waals surface area (Å²) >= 11 is 0. The highest BCUT2D eigenvalue weighted by molar-refractivity contribution is 6.07. The fourth-order valence-electron chi connectivity index (χ4n) is 4.01. The summed E-state index contributed by atoms with van der Waals surface area (Å²) in [4.78, 5) is 24.3. The first-order valence-electron chi connectivity index (χ1n) is 9.52. The van der Waals surface area contributed by atoms with Crippen LogP contribution in [0, 0.1) is 0 Å². The first-order valence-corrected chi connectivity index (χ1v) is 9.52. The molecule has 5 nitrogen and oxygen atoms in total. The lowest BCUT2D eigenvalue weighted by Gasteiger charge is -2.34. The zero-order valence-electron chi connectivity index (χ0n) is 15.6. The smallest absolute Gasteiger partial charge is 0.260 e. The number of fused-ring (bicyclic) bond motifs is 1. The number of carbonyl (C=O) groups excluding carboxylic acids is 1. The van der Waals surface area contributed by atoms with Crippen molar-refractivity contribution in [2.75, 3.05) is 42.5 Å². The van der Waals surface area contributed by atoms with E-state index in [-0.39, 0.29) is 11.9 Å². The molecule has 2 aromatic rings. The van der Waals surface area contributed by atoms with Crippen LogP contribution in [0.1, 0.15) is 29.8 Å². The number of amides is 1. The standard InChI is InChI=1S/C21H26N4O/c1-3-23-10-12-24(13-11-23)20-9-8-18(15-22-20)21(26)25-16(2)14-17-6-4-5-7-19(17)25/h4-9,15-16H,3,10-14H2,1-2H3. The van der Waals surface area contributed by atoms with E-state index < -0.39 is 0 Å². The SMILES string of the molecule is CCN1CCN(c2ccc(C(=O)N3c4ccccc4CC3C)cn2)CC1. The summed E-state index contributed by atoms with van der Waals surface area (Å²) in [6.45, 7) is 9.53. The van der Waals surface area contributed by atoms with Gasteiger partial charge in [-0.05, 0) is 43.7 Å². The third-order valence-corrected chi connectivity index (χ3v) is 5.56. The summed E-state index contributed by atoms with van der Waals surface area (Å²) in [5.74, 6) is 1.00. The van der Waals surface area contributed by atoms with E-state index in [0.717, 1.165) is 50.6 Å². The number of para-hydroxylation sites is 1. The average molecular weight is 350 g/mol. The van der Waals surface area contributed by atoms with Gasteiger partial charge in [0.05, 0.1) is 5.56 Å². The van der Waals surface area contributed by atoms with E-state index in [1.165, 1.54) is 5.56 Å². The first-order chi connectivity index (χ1) is 12.7. The molecule has 0 radical (unpaired) electrons. The molecule has 0 saturated carbocycles. The maximum Gasteiger partial charge on any atom is 0.260 e. The van der Waals surface area contributed by atoms with Crippen LogP contribution in [0.2, 0.25) is 0 Å². The molecule has 1 saturated heterocycles. The van der Waals surface area contributed by atoms with Crippen LogP contribution in [0.3, 0.4) is 0 Å². The molecule has 136 valence electrons. The zero-order chi connectivity index (χ0) is 18.1. The maximum atomic E-state index is 13.1. The second-order valence-electron chi connectivity index (χ2n) is 7.18. The lowest BCUT2D eigenvalue weighted by molar-refractivity contribution is 0.0981. The Morgan fingerprint density at radius 3 is 2.58 bits per heavy atom. The molecular weight excluding hydrogens is 324 g/mol. The third kappa shape index (κ3) is 3.07. The summed E-state index contributed by atoms with van der Waals surface area (Å²) in [5, 5.41) is 0. The Hall–Kier alpha value is -2.40. The number of aromatic nitrogens is 1. The van der Waals surface area contributed by atoms with Gasteiger partial charge in [0, 0.05) is 44.1 Å². The molecule has 0 bridgehead atoms. The molecule has 1 aromatic carbocycles. The predicted octanol–water partition coefficient (Wildman–Crippen LogP) is 2.81. The van der Waals surface area contributed by atoms with E-state index in [1.54, 1.807) is 6.20 Å². The number of likely N-dealkylation sites (N-methyl/N-ethyl adjacent to an activating group) is 1. The Morgan fingerprint density at radius 1 is 1.12 bits per heavy atom. The van der Waals surface area contributed by atoms with Gasteiger partial charge < -0.3 is 14.7 Å². The Labute approximate surface area is 155 Å². The summed E-state index contributed by atoms with van der Waals surface area (Å²) in [6.07, 6.45) is 2.65. The lowest BCUT2D eigenvalue weighted by atomic mass is 10.1. The van der Waals surface area contributed by atoms with Crippen LogP contribution in [-0.2, 0) is 6.42 Å². The van der Waals surface area contributed by atoms with E-state index in [4.69, 9.17) is 0 Å². The summed E-state index contributed by atoms with van der Waals surface area (Å²) in [5.41, 5.74) is 2.93. The van der Waals surface area contributed by atoms with E-state index in [1.807, 2.05) is 35.2 Å². The minimum Gasteiger partial charge on any atom is -0.354 e. The molecule has 4 rings (SSSR count). The molecular formula is C21H26N4O. The Balaban J connectivity index is 1.50. The molecule has 0 aliphatic carbocycles. The van der Waals surface area contributed by atoms with Crippen molar-refractivity contribution in [3.8, 4) is 0 Å². The molecule has 2 aliphatic heterocycles. The predicted molar refractivity (Wildman–Crippen MR) is 105 cm³/mol. The Kier molecular flexibility index (Phi) is 4.64. The Morgan fingerprint density at radius 2 is 1.88 bits per heavy atom. The molecule has 2 aliphatic rings. The van der Waals surface area contributed by atoms with Gasteiger partial charge in [0.1, 0.15) is 5.82 Å². The number of pyridine rings is 1. The number of anilines is 2. The third-order valence-electron chi connectivity index (χ3n) is 5.56. The van der Waals surface area contributed by atoms with Crippen molar-refractivity contribution >= 4 is 17.4 Å².